The number of fused-ring (bicyclic) bond motifs is 1. The number of rotatable bonds is 3. The van der Waals surface area contributed by atoms with Gasteiger partial charge in [-0.15, -0.1) is 0 Å². The number of hydrogen-bond acceptors (Lipinski definition) is 3. The molecule has 2 heterocycles. The maximum Gasteiger partial charge on any atom is 0.251 e. The van der Waals surface area contributed by atoms with Gasteiger partial charge in [0.2, 0.25) is 0 Å². The number of carbonyl (C=O) groups is 1. The molecular weight excluding hydrogens is 298 g/mol. The van der Waals surface area contributed by atoms with E-state index in [4.69, 9.17) is 0 Å². The highest BCUT2D eigenvalue weighted by atomic mass is 16.1. The van der Waals surface area contributed by atoms with Crippen LogP contribution in [-0.4, -0.2) is 30.0 Å². The predicted molar refractivity (Wildman–Crippen MR) is 96.3 cm³/mol. The molecule has 4 nitrogen and oxygen atoms in total. The molecule has 4 heteroatoms. The summed E-state index contributed by atoms with van der Waals surface area (Å²) in [6.07, 6.45) is 2.74. The van der Waals surface area contributed by atoms with Crippen LogP contribution in [0.1, 0.15) is 16.8 Å². The second-order valence-electron chi connectivity index (χ2n) is 6.15. The van der Waals surface area contributed by atoms with E-state index in [9.17, 15) is 4.79 Å². The van der Waals surface area contributed by atoms with Crippen LogP contribution in [0.25, 0.3) is 10.8 Å². The molecule has 1 amide bonds. The molecule has 1 fully saturated rings. The van der Waals surface area contributed by atoms with E-state index < -0.39 is 0 Å². The maximum absolute atomic E-state index is 12.5. The first kappa shape index (κ1) is 14.7. The second kappa shape index (κ2) is 6.32. The van der Waals surface area contributed by atoms with Gasteiger partial charge in [-0.3, -0.25) is 4.79 Å². The highest BCUT2D eigenvalue weighted by Crippen LogP contribution is 2.19. The molecule has 0 spiro atoms. The van der Waals surface area contributed by atoms with Crippen LogP contribution in [-0.2, 0) is 0 Å². The number of benzene rings is 2. The van der Waals surface area contributed by atoms with Gasteiger partial charge < -0.3 is 10.2 Å². The van der Waals surface area contributed by atoms with Crippen molar-refractivity contribution in [1.29, 1.82) is 0 Å². The lowest BCUT2D eigenvalue weighted by Gasteiger charge is -2.17. The zero-order valence-electron chi connectivity index (χ0n) is 13.4. The zero-order valence-corrected chi connectivity index (χ0v) is 13.4. The molecule has 0 bridgehead atoms. The molecule has 120 valence electrons. The fourth-order valence-electron chi connectivity index (χ4n) is 3.23. The van der Waals surface area contributed by atoms with Gasteiger partial charge >= 0.3 is 0 Å². The number of anilines is 1. The summed E-state index contributed by atoms with van der Waals surface area (Å²) in [6, 6.07) is 20.0. The highest BCUT2D eigenvalue weighted by Gasteiger charge is 2.25. The molecular formula is C20H19N3O. The molecule has 1 aromatic heterocycles. The Balaban J connectivity index is 1.44. The van der Waals surface area contributed by atoms with Gasteiger partial charge in [0.1, 0.15) is 5.82 Å². The lowest BCUT2D eigenvalue weighted by Crippen LogP contribution is -2.37. The SMILES string of the molecule is O=C(NC1CCN(c2ccccn2)C1)c1ccc2ccccc2c1. The van der Waals surface area contributed by atoms with Gasteiger partial charge in [-0.2, -0.15) is 0 Å². The lowest BCUT2D eigenvalue weighted by molar-refractivity contribution is 0.0940. The zero-order chi connectivity index (χ0) is 16.4. The fraction of sp³-hybridized carbons (Fsp3) is 0.200. The molecule has 1 atom stereocenters. The minimum Gasteiger partial charge on any atom is -0.354 e. The van der Waals surface area contributed by atoms with Gasteiger partial charge in [-0.1, -0.05) is 36.4 Å². The van der Waals surface area contributed by atoms with E-state index in [2.05, 4.69) is 21.3 Å². The summed E-state index contributed by atoms with van der Waals surface area (Å²) in [7, 11) is 0. The van der Waals surface area contributed by atoms with Crippen molar-refractivity contribution >= 4 is 22.5 Å². The Kier molecular flexibility index (Phi) is 3.87. The molecule has 1 saturated heterocycles. The van der Waals surface area contributed by atoms with Crippen molar-refractivity contribution in [3.05, 3.63) is 72.4 Å². The molecule has 0 aliphatic carbocycles. The van der Waals surface area contributed by atoms with E-state index >= 15 is 0 Å². The van der Waals surface area contributed by atoms with Crippen molar-refractivity contribution in [3.63, 3.8) is 0 Å². The second-order valence-corrected chi connectivity index (χ2v) is 6.15. The lowest BCUT2D eigenvalue weighted by atomic mass is 10.1. The van der Waals surface area contributed by atoms with Crippen LogP contribution < -0.4 is 10.2 Å². The summed E-state index contributed by atoms with van der Waals surface area (Å²) in [5, 5.41) is 5.39. The molecule has 1 unspecified atom stereocenters. The third kappa shape index (κ3) is 2.95. The van der Waals surface area contributed by atoms with Crippen LogP contribution in [0.4, 0.5) is 5.82 Å². The summed E-state index contributed by atoms with van der Waals surface area (Å²) in [5.41, 5.74) is 0.713. The smallest absolute Gasteiger partial charge is 0.251 e. The van der Waals surface area contributed by atoms with Gasteiger partial charge in [-0.25, -0.2) is 4.98 Å². The van der Waals surface area contributed by atoms with Crippen LogP contribution in [0.2, 0.25) is 0 Å². The molecule has 1 N–H and O–H groups in total. The van der Waals surface area contributed by atoms with Crippen molar-refractivity contribution in [1.82, 2.24) is 10.3 Å². The van der Waals surface area contributed by atoms with E-state index in [1.807, 2.05) is 54.6 Å². The number of nitrogens with zero attached hydrogens (tertiary/aromatic N) is 2. The summed E-state index contributed by atoms with van der Waals surface area (Å²) in [6.45, 7) is 1.72. The van der Waals surface area contributed by atoms with Gasteiger partial charge in [0.25, 0.3) is 5.91 Å². The molecule has 1 aliphatic heterocycles. The van der Waals surface area contributed by atoms with Gasteiger partial charge in [0.05, 0.1) is 0 Å². The molecule has 2 aromatic carbocycles. The summed E-state index contributed by atoms with van der Waals surface area (Å²) < 4.78 is 0. The molecule has 3 aromatic rings. The molecule has 0 radical (unpaired) electrons. The Morgan fingerprint density at radius 1 is 1.04 bits per heavy atom. The first-order chi connectivity index (χ1) is 11.8. The van der Waals surface area contributed by atoms with Crippen molar-refractivity contribution in [2.45, 2.75) is 12.5 Å². The van der Waals surface area contributed by atoms with Crippen molar-refractivity contribution in [2.75, 3.05) is 18.0 Å². The van der Waals surface area contributed by atoms with Crippen LogP contribution >= 0.6 is 0 Å². The average Bonchev–Trinajstić information content (AvgIpc) is 3.10. The molecule has 24 heavy (non-hydrogen) atoms. The van der Waals surface area contributed by atoms with E-state index in [0.717, 1.165) is 36.1 Å². The molecule has 4 rings (SSSR count). The number of pyridine rings is 1. The van der Waals surface area contributed by atoms with Crippen molar-refractivity contribution < 1.29 is 4.79 Å². The third-order valence-corrected chi connectivity index (χ3v) is 4.51. The Hall–Kier alpha value is -2.88. The number of hydrogen-bond donors (Lipinski definition) is 1. The predicted octanol–water partition coefficient (Wildman–Crippen LogP) is 3.24. The monoisotopic (exact) mass is 317 g/mol. The van der Waals surface area contributed by atoms with Crippen LogP contribution in [0.15, 0.2) is 66.9 Å². The number of carbonyl (C=O) groups excluding carboxylic acids is 1. The summed E-state index contributed by atoms with van der Waals surface area (Å²) >= 11 is 0. The molecule has 0 saturated carbocycles. The number of aromatic nitrogens is 1. The van der Waals surface area contributed by atoms with Crippen LogP contribution in [0, 0.1) is 0 Å². The van der Waals surface area contributed by atoms with E-state index in [1.165, 1.54) is 0 Å². The van der Waals surface area contributed by atoms with Crippen molar-refractivity contribution in [3.8, 4) is 0 Å². The van der Waals surface area contributed by atoms with Crippen molar-refractivity contribution in [2.24, 2.45) is 0 Å². The number of nitrogens with one attached hydrogen (secondary N) is 1. The van der Waals surface area contributed by atoms with Gasteiger partial charge in [0, 0.05) is 30.9 Å². The standard InChI is InChI=1S/C20H19N3O/c24-20(17-9-8-15-5-1-2-6-16(15)13-17)22-18-10-12-23(14-18)19-7-3-4-11-21-19/h1-9,11,13,18H,10,12,14H2,(H,22,24). The van der Waals surface area contributed by atoms with Gasteiger partial charge in [0.15, 0.2) is 0 Å². The first-order valence-corrected chi connectivity index (χ1v) is 8.25. The Labute approximate surface area is 141 Å². The van der Waals surface area contributed by atoms with E-state index in [1.54, 1.807) is 6.20 Å². The molecule has 1 aliphatic rings. The minimum absolute atomic E-state index is 0.00590. The first-order valence-electron chi connectivity index (χ1n) is 8.25. The summed E-state index contributed by atoms with van der Waals surface area (Å²) in [4.78, 5) is 19.1. The minimum atomic E-state index is -0.00590. The quantitative estimate of drug-likeness (QED) is 0.806. The number of amides is 1. The Bertz CT molecular complexity index is 863. The maximum atomic E-state index is 12.5. The highest BCUT2D eigenvalue weighted by molar-refractivity contribution is 5.98. The normalized spacial score (nSPS) is 17.2. The van der Waals surface area contributed by atoms with Crippen LogP contribution in [0.5, 0.6) is 0 Å². The fourth-order valence-corrected chi connectivity index (χ4v) is 3.23. The van der Waals surface area contributed by atoms with E-state index in [0.29, 0.717) is 5.56 Å². The van der Waals surface area contributed by atoms with Crippen LogP contribution in [0.3, 0.4) is 0 Å². The Morgan fingerprint density at radius 2 is 1.88 bits per heavy atom. The third-order valence-electron chi connectivity index (χ3n) is 4.51. The van der Waals surface area contributed by atoms with Gasteiger partial charge in [-0.05, 0) is 41.5 Å². The topological polar surface area (TPSA) is 45.2 Å². The summed E-state index contributed by atoms with van der Waals surface area (Å²) in [5.74, 6) is 0.966. The van der Waals surface area contributed by atoms with E-state index in [-0.39, 0.29) is 11.9 Å². The average molecular weight is 317 g/mol. The Morgan fingerprint density at radius 3 is 2.71 bits per heavy atom. The largest absolute Gasteiger partial charge is 0.354 e.